The lowest BCUT2D eigenvalue weighted by atomic mass is 9.92. The van der Waals surface area contributed by atoms with Gasteiger partial charge in [0.05, 0.1) is 7.11 Å². The van der Waals surface area contributed by atoms with E-state index in [0.29, 0.717) is 18.3 Å². The average Bonchev–Trinajstić information content (AvgIpc) is 2.48. The molecule has 0 aromatic heterocycles. The Bertz CT molecular complexity index is 510. The molecular weight excluding hydrogens is 304 g/mol. The van der Waals surface area contributed by atoms with Gasteiger partial charge in [-0.2, -0.15) is 0 Å². The number of benzene rings is 1. The number of piperidine rings is 1. The van der Waals surface area contributed by atoms with Crippen LogP contribution in [0.15, 0.2) is 18.2 Å². The number of phenolic OH excluding ortho intramolecular Hbond substituents is 1. The lowest BCUT2D eigenvalue weighted by Crippen LogP contribution is -2.42. The summed E-state index contributed by atoms with van der Waals surface area (Å²) in [6, 6.07) is 5.57. The number of carbonyl (C=O) groups is 1. The fraction of sp³-hybridized carbons (Fsp3) is 0.562. The number of nitrogens with zero attached hydrogens (tertiary/aromatic N) is 1. The number of carbonyl (C=O) groups excluding carboxylic acids is 1. The molecule has 1 fully saturated rings. The standard InChI is InChI=1S/C16H24N2O3.ClH/c1-11-8-13(6-7-17-11)16(20)18(2)10-12-4-5-14(19)15(9-12)21-3;/h4-5,9,11,13,17,19H,6-8,10H2,1-3H3;1H/t11-,13-;/m0./s1. The maximum absolute atomic E-state index is 12.5. The molecule has 2 rings (SSSR count). The summed E-state index contributed by atoms with van der Waals surface area (Å²) < 4.78 is 5.10. The van der Waals surface area contributed by atoms with Gasteiger partial charge in [-0.1, -0.05) is 6.07 Å². The number of hydrogen-bond donors (Lipinski definition) is 2. The first-order valence-corrected chi connectivity index (χ1v) is 7.35. The first-order chi connectivity index (χ1) is 10.0. The molecule has 2 atom stereocenters. The maximum Gasteiger partial charge on any atom is 0.225 e. The highest BCUT2D eigenvalue weighted by molar-refractivity contribution is 5.85. The van der Waals surface area contributed by atoms with Crippen LogP contribution in [-0.2, 0) is 11.3 Å². The molecule has 6 heteroatoms. The molecule has 22 heavy (non-hydrogen) atoms. The van der Waals surface area contributed by atoms with Crippen molar-refractivity contribution in [2.45, 2.75) is 32.4 Å². The average molecular weight is 329 g/mol. The van der Waals surface area contributed by atoms with Crippen molar-refractivity contribution in [2.24, 2.45) is 5.92 Å². The van der Waals surface area contributed by atoms with Crippen LogP contribution in [0.4, 0.5) is 0 Å². The maximum atomic E-state index is 12.5. The van der Waals surface area contributed by atoms with E-state index in [1.54, 1.807) is 17.0 Å². The van der Waals surface area contributed by atoms with Crippen LogP contribution in [0, 0.1) is 5.92 Å². The van der Waals surface area contributed by atoms with Gasteiger partial charge in [0.1, 0.15) is 0 Å². The van der Waals surface area contributed by atoms with Crippen LogP contribution in [-0.4, -0.2) is 42.7 Å². The SMILES string of the molecule is COc1cc(CN(C)C(=O)[C@H]2CCN[C@@H](C)C2)ccc1O.Cl. The van der Waals surface area contributed by atoms with Crippen molar-refractivity contribution in [2.75, 3.05) is 20.7 Å². The summed E-state index contributed by atoms with van der Waals surface area (Å²) in [5.41, 5.74) is 0.947. The number of halogens is 1. The molecular formula is C16H25ClN2O3. The Balaban J connectivity index is 0.00000242. The molecule has 0 radical (unpaired) electrons. The van der Waals surface area contributed by atoms with Crippen LogP contribution in [0.5, 0.6) is 11.5 Å². The van der Waals surface area contributed by atoms with Gasteiger partial charge in [0.2, 0.25) is 5.91 Å². The van der Waals surface area contributed by atoms with Crippen molar-refractivity contribution >= 4 is 18.3 Å². The second kappa shape index (κ2) is 8.25. The normalized spacial score (nSPS) is 20.9. The third-order valence-corrected chi connectivity index (χ3v) is 4.01. The van der Waals surface area contributed by atoms with E-state index in [9.17, 15) is 9.90 Å². The molecule has 1 aliphatic rings. The van der Waals surface area contributed by atoms with Gasteiger partial charge in [-0.15, -0.1) is 12.4 Å². The Labute approximate surface area is 138 Å². The van der Waals surface area contributed by atoms with Crippen molar-refractivity contribution in [3.05, 3.63) is 23.8 Å². The van der Waals surface area contributed by atoms with Crippen molar-refractivity contribution in [1.29, 1.82) is 0 Å². The van der Waals surface area contributed by atoms with Gasteiger partial charge in [-0.3, -0.25) is 4.79 Å². The van der Waals surface area contributed by atoms with E-state index >= 15 is 0 Å². The molecule has 1 aromatic carbocycles. The van der Waals surface area contributed by atoms with Gasteiger partial charge < -0.3 is 20.1 Å². The van der Waals surface area contributed by atoms with Crippen molar-refractivity contribution in [3.63, 3.8) is 0 Å². The zero-order valence-electron chi connectivity index (χ0n) is 13.3. The molecule has 5 nitrogen and oxygen atoms in total. The van der Waals surface area contributed by atoms with Gasteiger partial charge in [0, 0.05) is 25.6 Å². The lowest BCUT2D eigenvalue weighted by molar-refractivity contribution is -0.135. The third-order valence-electron chi connectivity index (χ3n) is 4.01. The molecule has 0 unspecified atom stereocenters. The van der Waals surface area contributed by atoms with Crippen LogP contribution in [0.1, 0.15) is 25.3 Å². The number of ether oxygens (including phenoxy) is 1. The molecule has 1 saturated heterocycles. The first-order valence-electron chi connectivity index (χ1n) is 7.35. The van der Waals surface area contributed by atoms with Crippen molar-refractivity contribution in [1.82, 2.24) is 10.2 Å². The molecule has 1 heterocycles. The summed E-state index contributed by atoms with van der Waals surface area (Å²) >= 11 is 0. The van der Waals surface area contributed by atoms with Gasteiger partial charge >= 0.3 is 0 Å². The van der Waals surface area contributed by atoms with Crippen LogP contribution in [0.25, 0.3) is 0 Å². The molecule has 1 aromatic rings. The minimum absolute atomic E-state index is 0. The van der Waals surface area contributed by atoms with Crippen LogP contribution in [0.3, 0.4) is 0 Å². The molecule has 0 saturated carbocycles. The van der Waals surface area contributed by atoms with Gasteiger partial charge in [-0.05, 0) is 44.0 Å². The number of aromatic hydroxyl groups is 1. The topological polar surface area (TPSA) is 61.8 Å². The highest BCUT2D eigenvalue weighted by Gasteiger charge is 2.27. The minimum Gasteiger partial charge on any atom is -0.504 e. The highest BCUT2D eigenvalue weighted by atomic mass is 35.5. The summed E-state index contributed by atoms with van der Waals surface area (Å²) in [7, 11) is 3.35. The third kappa shape index (κ3) is 4.52. The first kappa shape index (κ1) is 18.6. The summed E-state index contributed by atoms with van der Waals surface area (Å²) in [4.78, 5) is 14.2. The van der Waals surface area contributed by atoms with Gasteiger partial charge in [0.15, 0.2) is 11.5 Å². The minimum atomic E-state index is 0. The molecule has 0 bridgehead atoms. The van der Waals surface area contributed by atoms with Gasteiger partial charge in [-0.25, -0.2) is 0 Å². The van der Waals surface area contributed by atoms with Crippen LogP contribution >= 0.6 is 12.4 Å². The molecule has 1 amide bonds. The molecule has 2 N–H and O–H groups in total. The zero-order chi connectivity index (χ0) is 15.4. The van der Waals surface area contributed by atoms with Crippen molar-refractivity contribution < 1.29 is 14.6 Å². The largest absolute Gasteiger partial charge is 0.504 e. The van der Waals surface area contributed by atoms with E-state index in [1.165, 1.54) is 7.11 Å². The Morgan fingerprint density at radius 2 is 2.23 bits per heavy atom. The van der Waals surface area contributed by atoms with E-state index in [2.05, 4.69) is 12.2 Å². The molecule has 0 spiro atoms. The highest BCUT2D eigenvalue weighted by Crippen LogP contribution is 2.27. The van der Waals surface area contributed by atoms with Crippen molar-refractivity contribution in [3.8, 4) is 11.5 Å². The lowest BCUT2D eigenvalue weighted by Gasteiger charge is -2.30. The van der Waals surface area contributed by atoms with Crippen LogP contribution < -0.4 is 10.1 Å². The monoisotopic (exact) mass is 328 g/mol. The summed E-state index contributed by atoms with van der Waals surface area (Å²) in [6.07, 6.45) is 1.79. The number of phenols is 1. The predicted molar refractivity (Wildman–Crippen MR) is 88.6 cm³/mol. The Hall–Kier alpha value is -1.46. The smallest absolute Gasteiger partial charge is 0.225 e. The summed E-state index contributed by atoms with van der Waals surface area (Å²) in [6.45, 7) is 3.54. The van der Waals surface area contributed by atoms with E-state index < -0.39 is 0 Å². The fourth-order valence-electron chi connectivity index (χ4n) is 2.84. The number of hydrogen-bond acceptors (Lipinski definition) is 4. The summed E-state index contributed by atoms with van der Waals surface area (Å²) in [5, 5.41) is 13.0. The number of amides is 1. The van der Waals surface area contributed by atoms with Gasteiger partial charge in [0.25, 0.3) is 0 Å². The molecule has 124 valence electrons. The second-order valence-corrected chi connectivity index (χ2v) is 5.78. The quantitative estimate of drug-likeness (QED) is 0.889. The number of nitrogens with one attached hydrogen (secondary N) is 1. The predicted octanol–water partition coefficient (Wildman–Crippen LogP) is 2.17. The Morgan fingerprint density at radius 3 is 2.86 bits per heavy atom. The zero-order valence-corrected chi connectivity index (χ0v) is 14.2. The van der Waals surface area contributed by atoms with Crippen LogP contribution in [0.2, 0.25) is 0 Å². The van der Waals surface area contributed by atoms with E-state index in [1.807, 2.05) is 13.1 Å². The number of methoxy groups -OCH3 is 1. The van der Waals surface area contributed by atoms with E-state index in [4.69, 9.17) is 4.74 Å². The number of rotatable bonds is 4. The molecule has 0 aliphatic carbocycles. The summed E-state index contributed by atoms with van der Waals surface area (Å²) in [5.74, 6) is 0.840. The molecule has 1 aliphatic heterocycles. The Kier molecular flexibility index (Phi) is 6.97. The fourth-order valence-corrected chi connectivity index (χ4v) is 2.84. The van der Waals surface area contributed by atoms with E-state index in [0.717, 1.165) is 24.9 Å². The Morgan fingerprint density at radius 1 is 1.50 bits per heavy atom. The van der Waals surface area contributed by atoms with E-state index in [-0.39, 0.29) is 30.0 Å². The second-order valence-electron chi connectivity index (χ2n) is 5.78.